The van der Waals surface area contributed by atoms with Gasteiger partial charge in [-0.1, -0.05) is 30.3 Å². The van der Waals surface area contributed by atoms with Gasteiger partial charge in [0.15, 0.2) is 0 Å². The number of benzene rings is 2. The van der Waals surface area contributed by atoms with Crippen molar-refractivity contribution in [1.29, 1.82) is 0 Å². The predicted octanol–water partition coefficient (Wildman–Crippen LogP) is 3.37. The van der Waals surface area contributed by atoms with Crippen LogP contribution < -0.4 is 0 Å². The average molecular weight is 283 g/mol. The predicted molar refractivity (Wildman–Crippen MR) is 75.7 cm³/mol. The molecule has 0 radical (unpaired) electrons. The van der Waals surface area contributed by atoms with E-state index in [1.165, 1.54) is 12.1 Å². The van der Waals surface area contributed by atoms with E-state index in [1.807, 2.05) is 30.3 Å². The van der Waals surface area contributed by atoms with Gasteiger partial charge in [0.2, 0.25) is 0 Å². The molecule has 1 aliphatic heterocycles. The quantitative estimate of drug-likeness (QED) is 0.492. The second-order valence-corrected chi connectivity index (χ2v) is 4.98. The van der Waals surface area contributed by atoms with Crippen molar-refractivity contribution in [2.24, 2.45) is 0 Å². The number of hydrogen-bond acceptors (Lipinski definition) is 4. The van der Waals surface area contributed by atoms with Crippen molar-refractivity contribution in [1.82, 2.24) is 0 Å². The summed E-state index contributed by atoms with van der Waals surface area (Å²) in [4.78, 5) is 21.9. The first-order valence-corrected chi connectivity index (χ1v) is 6.64. The third kappa shape index (κ3) is 2.63. The molecule has 0 saturated carbocycles. The maximum Gasteiger partial charge on any atom is 0.307 e. The Bertz CT molecular complexity index is 666. The van der Waals surface area contributed by atoms with Gasteiger partial charge in [0, 0.05) is 18.1 Å². The standard InChI is InChI=1S/C16H13NO4/c18-15-10-14(11-4-2-1-3-5-11)16(21-15)12-6-8-13(9-7-12)17(19)20/h1-9,14,16H,10H2/t14-,16-/m0/s1. The molecule has 21 heavy (non-hydrogen) atoms. The number of hydrogen-bond donors (Lipinski definition) is 0. The molecule has 1 heterocycles. The molecule has 2 aromatic rings. The van der Waals surface area contributed by atoms with Gasteiger partial charge in [-0.2, -0.15) is 0 Å². The fraction of sp³-hybridized carbons (Fsp3) is 0.188. The van der Waals surface area contributed by atoms with Gasteiger partial charge in [0.05, 0.1) is 11.3 Å². The fourth-order valence-corrected chi connectivity index (χ4v) is 2.64. The number of cyclic esters (lactones) is 1. The van der Waals surface area contributed by atoms with E-state index in [2.05, 4.69) is 0 Å². The SMILES string of the molecule is O=C1C[C@@H](c2ccccc2)[C@H](c2ccc([N+](=O)[O-])cc2)O1. The number of carbonyl (C=O) groups is 1. The summed E-state index contributed by atoms with van der Waals surface area (Å²) in [5.74, 6) is -0.299. The molecule has 106 valence electrons. The van der Waals surface area contributed by atoms with E-state index >= 15 is 0 Å². The maximum absolute atomic E-state index is 11.7. The molecule has 0 bridgehead atoms. The lowest BCUT2D eigenvalue weighted by Gasteiger charge is -2.18. The van der Waals surface area contributed by atoms with Crippen LogP contribution in [-0.4, -0.2) is 10.9 Å². The molecule has 0 aliphatic carbocycles. The smallest absolute Gasteiger partial charge is 0.307 e. The van der Waals surface area contributed by atoms with E-state index in [0.29, 0.717) is 6.42 Å². The van der Waals surface area contributed by atoms with Crippen molar-refractivity contribution in [2.45, 2.75) is 18.4 Å². The molecule has 3 rings (SSSR count). The summed E-state index contributed by atoms with van der Waals surface area (Å²) in [6.07, 6.45) is -0.0632. The monoisotopic (exact) mass is 283 g/mol. The Morgan fingerprint density at radius 2 is 1.67 bits per heavy atom. The van der Waals surface area contributed by atoms with Crippen LogP contribution in [0.3, 0.4) is 0 Å². The lowest BCUT2D eigenvalue weighted by Crippen LogP contribution is -2.06. The lowest BCUT2D eigenvalue weighted by atomic mass is 9.88. The second-order valence-electron chi connectivity index (χ2n) is 4.98. The van der Waals surface area contributed by atoms with Gasteiger partial charge in [-0.15, -0.1) is 0 Å². The third-order valence-electron chi connectivity index (χ3n) is 3.67. The second kappa shape index (κ2) is 5.36. The van der Waals surface area contributed by atoms with Gasteiger partial charge in [-0.25, -0.2) is 0 Å². The fourth-order valence-electron chi connectivity index (χ4n) is 2.64. The number of rotatable bonds is 3. The topological polar surface area (TPSA) is 69.4 Å². The van der Waals surface area contributed by atoms with E-state index in [-0.39, 0.29) is 23.7 Å². The van der Waals surface area contributed by atoms with Crippen LogP contribution in [0.5, 0.6) is 0 Å². The highest BCUT2D eigenvalue weighted by Crippen LogP contribution is 2.42. The number of carbonyl (C=O) groups excluding carboxylic acids is 1. The molecule has 5 heteroatoms. The Labute approximate surface area is 121 Å². The Morgan fingerprint density at radius 3 is 2.29 bits per heavy atom. The van der Waals surface area contributed by atoms with E-state index < -0.39 is 4.92 Å². The molecular weight excluding hydrogens is 270 g/mol. The zero-order valence-corrected chi connectivity index (χ0v) is 11.1. The molecule has 0 spiro atoms. The summed E-state index contributed by atoms with van der Waals surface area (Å²) in [5, 5.41) is 10.7. The van der Waals surface area contributed by atoms with Crippen molar-refractivity contribution in [3.8, 4) is 0 Å². The largest absolute Gasteiger partial charge is 0.457 e. The van der Waals surface area contributed by atoms with Crippen molar-refractivity contribution in [2.75, 3.05) is 0 Å². The first-order chi connectivity index (χ1) is 10.1. The van der Waals surface area contributed by atoms with Crippen LogP contribution in [-0.2, 0) is 9.53 Å². The van der Waals surface area contributed by atoms with Crippen LogP contribution in [0.1, 0.15) is 29.6 Å². The van der Waals surface area contributed by atoms with Gasteiger partial charge < -0.3 is 4.74 Å². The summed E-state index contributed by atoms with van der Waals surface area (Å²) in [6, 6.07) is 15.9. The van der Waals surface area contributed by atoms with Gasteiger partial charge in [0.25, 0.3) is 5.69 Å². The minimum Gasteiger partial charge on any atom is -0.457 e. The summed E-state index contributed by atoms with van der Waals surface area (Å²) < 4.78 is 5.41. The van der Waals surface area contributed by atoms with Crippen LogP contribution in [0.2, 0.25) is 0 Å². The van der Waals surface area contributed by atoms with Crippen LogP contribution >= 0.6 is 0 Å². The number of non-ortho nitro benzene ring substituents is 1. The highest BCUT2D eigenvalue weighted by molar-refractivity contribution is 5.74. The van der Waals surface area contributed by atoms with Crippen LogP contribution in [0.25, 0.3) is 0 Å². The molecule has 1 saturated heterocycles. The number of nitro groups is 1. The lowest BCUT2D eigenvalue weighted by molar-refractivity contribution is -0.384. The van der Waals surface area contributed by atoms with Crippen molar-refractivity contribution in [3.05, 3.63) is 75.8 Å². The van der Waals surface area contributed by atoms with E-state index in [9.17, 15) is 14.9 Å². The molecular formula is C16H13NO4. The minimum absolute atomic E-state index is 0.0272. The molecule has 1 fully saturated rings. The molecule has 2 atom stereocenters. The van der Waals surface area contributed by atoms with Crippen LogP contribution in [0.4, 0.5) is 5.69 Å². The van der Waals surface area contributed by atoms with Gasteiger partial charge in [-0.3, -0.25) is 14.9 Å². The Balaban J connectivity index is 1.92. The first-order valence-electron chi connectivity index (χ1n) is 6.64. The molecule has 0 amide bonds. The summed E-state index contributed by atoms with van der Waals surface area (Å²) >= 11 is 0. The first kappa shape index (κ1) is 13.3. The van der Waals surface area contributed by atoms with Gasteiger partial charge in [-0.05, 0) is 23.3 Å². The third-order valence-corrected chi connectivity index (χ3v) is 3.67. The summed E-state index contributed by atoms with van der Waals surface area (Å²) in [5.41, 5.74) is 1.84. The molecule has 0 unspecified atom stereocenters. The zero-order chi connectivity index (χ0) is 14.8. The number of ether oxygens (including phenoxy) is 1. The normalized spacial score (nSPS) is 21.0. The van der Waals surface area contributed by atoms with Gasteiger partial charge in [0.1, 0.15) is 6.10 Å². The highest BCUT2D eigenvalue weighted by atomic mass is 16.6. The zero-order valence-electron chi connectivity index (χ0n) is 11.1. The van der Waals surface area contributed by atoms with Crippen molar-refractivity contribution < 1.29 is 14.5 Å². The average Bonchev–Trinajstić information content (AvgIpc) is 2.90. The number of esters is 1. The summed E-state index contributed by atoms with van der Waals surface area (Å²) in [7, 11) is 0. The Kier molecular flexibility index (Phi) is 3.39. The van der Waals surface area contributed by atoms with Crippen molar-refractivity contribution in [3.63, 3.8) is 0 Å². The van der Waals surface area contributed by atoms with E-state index in [4.69, 9.17) is 4.74 Å². The van der Waals surface area contributed by atoms with E-state index in [0.717, 1.165) is 11.1 Å². The molecule has 1 aliphatic rings. The summed E-state index contributed by atoms with van der Waals surface area (Å²) in [6.45, 7) is 0. The molecule has 5 nitrogen and oxygen atoms in total. The Hall–Kier alpha value is -2.69. The molecule has 0 N–H and O–H groups in total. The highest BCUT2D eigenvalue weighted by Gasteiger charge is 2.36. The molecule has 2 aromatic carbocycles. The van der Waals surface area contributed by atoms with E-state index in [1.54, 1.807) is 12.1 Å². The minimum atomic E-state index is -0.445. The van der Waals surface area contributed by atoms with Crippen molar-refractivity contribution >= 4 is 11.7 Å². The molecule has 0 aromatic heterocycles. The number of nitro benzene ring substituents is 1. The van der Waals surface area contributed by atoms with Gasteiger partial charge >= 0.3 is 5.97 Å². The van der Waals surface area contributed by atoms with Crippen LogP contribution in [0.15, 0.2) is 54.6 Å². The Morgan fingerprint density at radius 1 is 1.00 bits per heavy atom. The number of nitrogens with zero attached hydrogens (tertiary/aromatic N) is 1. The maximum atomic E-state index is 11.7. The van der Waals surface area contributed by atoms with Crippen LogP contribution in [0, 0.1) is 10.1 Å².